The first-order chi connectivity index (χ1) is 8.32. The van der Waals surface area contributed by atoms with Gasteiger partial charge in [-0.05, 0) is 49.0 Å². The van der Waals surface area contributed by atoms with E-state index in [0.717, 1.165) is 3.79 Å². The van der Waals surface area contributed by atoms with Crippen molar-refractivity contribution in [1.29, 1.82) is 0 Å². The number of sulfonamides is 1. The molecule has 1 aromatic heterocycles. The molecule has 1 aliphatic rings. The maximum atomic E-state index is 12.5. The van der Waals surface area contributed by atoms with Crippen LogP contribution in [0, 0.1) is 0 Å². The fourth-order valence-corrected chi connectivity index (χ4v) is 5.88. The minimum absolute atomic E-state index is 0.243. The molecule has 2 heterocycles. The summed E-state index contributed by atoms with van der Waals surface area (Å²) in [5, 5.41) is 0. The molecule has 2 unspecified atom stereocenters. The zero-order valence-electron chi connectivity index (χ0n) is 10.6. The Morgan fingerprint density at radius 3 is 2.28 bits per heavy atom. The second kappa shape index (κ2) is 5.20. The highest BCUT2D eigenvalue weighted by Gasteiger charge is 2.34. The molecule has 0 spiro atoms. The van der Waals surface area contributed by atoms with Gasteiger partial charge < -0.3 is 0 Å². The normalized spacial score (nSPS) is 27.6. The fourth-order valence-electron chi connectivity index (χ4n) is 2.12. The van der Waals surface area contributed by atoms with Gasteiger partial charge in [0.05, 0.1) is 3.79 Å². The van der Waals surface area contributed by atoms with Gasteiger partial charge in [-0.15, -0.1) is 11.3 Å². The lowest BCUT2D eigenvalue weighted by atomic mass is 10.1. The third-order valence-corrected chi connectivity index (χ3v) is 7.39. The minimum Gasteiger partial charge on any atom is -0.298 e. The average Bonchev–Trinajstić information content (AvgIpc) is 2.72. The molecule has 4 nitrogen and oxygen atoms in total. The monoisotopic (exact) mass is 352 g/mol. The van der Waals surface area contributed by atoms with Crippen molar-refractivity contribution in [3.8, 4) is 0 Å². The number of hydrogen-bond donors (Lipinski definition) is 0. The Kier molecular flexibility index (Phi) is 4.18. The standard InChI is InChI=1S/C11H17BrN2O2S2/c1-8-6-14(7-9(2)13(8)3)18(15,16)11-5-4-10(12)17-11/h4-5,8-9H,6-7H2,1-3H3. The van der Waals surface area contributed by atoms with Crippen LogP contribution in [0.1, 0.15) is 13.8 Å². The molecule has 0 saturated carbocycles. The number of hydrogen-bond acceptors (Lipinski definition) is 4. The SMILES string of the molecule is CC1CN(S(=O)(=O)c2ccc(Br)s2)CC(C)N1C. The van der Waals surface area contributed by atoms with Crippen LogP contribution in [0.15, 0.2) is 20.1 Å². The van der Waals surface area contributed by atoms with Gasteiger partial charge >= 0.3 is 0 Å². The molecule has 7 heteroatoms. The van der Waals surface area contributed by atoms with Gasteiger partial charge in [-0.1, -0.05) is 0 Å². The summed E-state index contributed by atoms with van der Waals surface area (Å²) >= 11 is 4.57. The van der Waals surface area contributed by atoms with E-state index in [1.54, 1.807) is 16.4 Å². The van der Waals surface area contributed by atoms with Crippen molar-refractivity contribution in [2.24, 2.45) is 0 Å². The Hall–Kier alpha value is 0.0500. The van der Waals surface area contributed by atoms with Gasteiger partial charge in [0, 0.05) is 25.2 Å². The van der Waals surface area contributed by atoms with Crippen molar-refractivity contribution in [3.63, 3.8) is 0 Å². The number of thiophene rings is 1. The summed E-state index contributed by atoms with van der Waals surface area (Å²) in [5.74, 6) is 0. The summed E-state index contributed by atoms with van der Waals surface area (Å²) in [4.78, 5) is 2.22. The van der Waals surface area contributed by atoms with Crippen LogP contribution in [0.25, 0.3) is 0 Å². The molecule has 0 radical (unpaired) electrons. The molecule has 0 aromatic carbocycles. The van der Waals surface area contributed by atoms with Crippen LogP contribution in [0.2, 0.25) is 0 Å². The van der Waals surface area contributed by atoms with Gasteiger partial charge in [0.1, 0.15) is 4.21 Å². The average molecular weight is 353 g/mol. The molecule has 102 valence electrons. The van der Waals surface area contributed by atoms with Crippen molar-refractivity contribution in [3.05, 3.63) is 15.9 Å². The predicted molar refractivity (Wildman–Crippen MR) is 77.5 cm³/mol. The van der Waals surface area contributed by atoms with Crippen LogP contribution >= 0.6 is 27.3 Å². The molecule has 0 N–H and O–H groups in total. The topological polar surface area (TPSA) is 40.6 Å². The lowest BCUT2D eigenvalue weighted by Crippen LogP contribution is -2.56. The van der Waals surface area contributed by atoms with Gasteiger partial charge in [0.15, 0.2) is 0 Å². The van der Waals surface area contributed by atoms with E-state index in [-0.39, 0.29) is 12.1 Å². The molecule has 18 heavy (non-hydrogen) atoms. The summed E-state index contributed by atoms with van der Waals surface area (Å²) in [5.41, 5.74) is 0. The van der Waals surface area contributed by atoms with Crippen LogP contribution in [0.5, 0.6) is 0 Å². The lowest BCUT2D eigenvalue weighted by Gasteiger charge is -2.41. The van der Waals surface area contributed by atoms with E-state index in [1.807, 2.05) is 7.05 Å². The molecule has 1 aliphatic heterocycles. The van der Waals surface area contributed by atoms with Crippen LogP contribution in [-0.4, -0.2) is 49.8 Å². The van der Waals surface area contributed by atoms with E-state index in [0.29, 0.717) is 17.3 Å². The molecular formula is C11H17BrN2O2S2. The zero-order valence-corrected chi connectivity index (χ0v) is 13.8. The van der Waals surface area contributed by atoms with Crippen LogP contribution < -0.4 is 0 Å². The number of rotatable bonds is 2. The van der Waals surface area contributed by atoms with E-state index < -0.39 is 10.0 Å². The number of nitrogens with zero attached hydrogens (tertiary/aromatic N) is 2. The summed E-state index contributed by atoms with van der Waals surface area (Å²) in [6.07, 6.45) is 0. The quantitative estimate of drug-likeness (QED) is 0.819. The third-order valence-electron chi connectivity index (χ3n) is 3.47. The van der Waals surface area contributed by atoms with E-state index in [4.69, 9.17) is 0 Å². The molecule has 1 fully saturated rings. The number of likely N-dealkylation sites (N-methyl/N-ethyl adjacent to an activating group) is 1. The van der Waals surface area contributed by atoms with Gasteiger partial charge in [-0.25, -0.2) is 8.42 Å². The number of halogens is 1. The van der Waals surface area contributed by atoms with Gasteiger partial charge in [0.25, 0.3) is 10.0 Å². The first-order valence-corrected chi connectivity index (χ1v) is 8.84. The molecule has 2 rings (SSSR count). The highest BCUT2D eigenvalue weighted by Crippen LogP contribution is 2.30. The van der Waals surface area contributed by atoms with E-state index >= 15 is 0 Å². The van der Waals surface area contributed by atoms with Crippen molar-refractivity contribution < 1.29 is 8.42 Å². The van der Waals surface area contributed by atoms with Crippen molar-refractivity contribution in [2.45, 2.75) is 30.1 Å². The Morgan fingerprint density at radius 1 is 1.28 bits per heavy atom. The zero-order chi connectivity index (χ0) is 13.5. The van der Waals surface area contributed by atoms with Gasteiger partial charge in [-0.2, -0.15) is 4.31 Å². The van der Waals surface area contributed by atoms with E-state index in [1.165, 1.54) is 11.3 Å². The van der Waals surface area contributed by atoms with E-state index in [2.05, 4.69) is 34.7 Å². The third kappa shape index (κ3) is 2.65. The second-order valence-electron chi connectivity index (χ2n) is 4.74. The highest BCUT2D eigenvalue weighted by atomic mass is 79.9. The maximum absolute atomic E-state index is 12.5. The van der Waals surface area contributed by atoms with Crippen LogP contribution in [0.3, 0.4) is 0 Å². The molecule has 0 bridgehead atoms. The van der Waals surface area contributed by atoms with Gasteiger partial charge in [-0.3, -0.25) is 4.90 Å². The summed E-state index contributed by atoms with van der Waals surface area (Å²) < 4.78 is 27.8. The number of piperazine rings is 1. The summed E-state index contributed by atoms with van der Waals surface area (Å²) in [6.45, 7) is 5.22. The van der Waals surface area contributed by atoms with Gasteiger partial charge in [0.2, 0.25) is 0 Å². The Bertz CT molecular complexity index is 517. The summed E-state index contributed by atoms with van der Waals surface area (Å²) in [7, 11) is -1.29. The van der Waals surface area contributed by atoms with Crippen molar-refractivity contribution in [1.82, 2.24) is 9.21 Å². The van der Waals surface area contributed by atoms with Crippen molar-refractivity contribution in [2.75, 3.05) is 20.1 Å². The summed E-state index contributed by atoms with van der Waals surface area (Å²) in [6, 6.07) is 3.93. The Morgan fingerprint density at radius 2 is 1.83 bits per heavy atom. The minimum atomic E-state index is -3.34. The fraction of sp³-hybridized carbons (Fsp3) is 0.636. The van der Waals surface area contributed by atoms with Crippen molar-refractivity contribution >= 4 is 37.3 Å². The molecule has 0 amide bonds. The highest BCUT2D eigenvalue weighted by molar-refractivity contribution is 9.11. The second-order valence-corrected chi connectivity index (χ2v) is 9.37. The Balaban J connectivity index is 2.26. The molecule has 2 atom stereocenters. The molecule has 0 aliphatic carbocycles. The largest absolute Gasteiger partial charge is 0.298 e. The first kappa shape index (κ1) is 14.5. The molecule has 1 saturated heterocycles. The molecular weight excluding hydrogens is 336 g/mol. The predicted octanol–water partition coefficient (Wildman–Crippen LogP) is 2.22. The van der Waals surface area contributed by atoms with Crippen LogP contribution in [-0.2, 0) is 10.0 Å². The first-order valence-electron chi connectivity index (χ1n) is 5.80. The molecule has 1 aromatic rings. The Labute approximate surface area is 121 Å². The maximum Gasteiger partial charge on any atom is 0.252 e. The van der Waals surface area contributed by atoms with E-state index in [9.17, 15) is 8.42 Å². The smallest absolute Gasteiger partial charge is 0.252 e. The lowest BCUT2D eigenvalue weighted by molar-refractivity contribution is 0.105. The van der Waals surface area contributed by atoms with Crippen LogP contribution in [0.4, 0.5) is 0 Å².